The number of rotatable bonds is 18. The molecule has 8 nitrogen and oxygen atoms in total. The fourth-order valence-electron chi connectivity index (χ4n) is 5.49. The van der Waals surface area contributed by atoms with Crippen LogP contribution in [0.5, 0.6) is 0 Å². The molecule has 2 rings (SSSR count). The average molecular weight is 600 g/mol. The van der Waals surface area contributed by atoms with E-state index in [0.717, 1.165) is 17.7 Å². The Hall–Kier alpha value is -2.65. The molecule has 1 aliphatic rings. The van der Waals surface area contributed by atoms with Gasteiger partial charge in [-0.15, -0.1) is 11.8 Å². The van der Waals surface area contributed by atoms with Crippen LogP contribution in [0.15, 0.2) is 35.2 Å². The van der Waals surface area contributed by atoms with Crippen LogP contribution < -0.4 is 16.4 Å². The fraction of sp³-hybridized carbons (Fsp3) is 0.636. The number of hydrogen-bond donors (Lipinski definition) is 4. The van der Waals surface area contributed by atoms with E-state index in [1.165, 1.54) is 5.56 Å². The maximum Gasteiger partial charge on any atom is 0.247 e. The maximum absolute atomic E-state index is 13.9. The quantitative estimate of drug-likeness (QED) is 0.0772. The molecule has 4 unspecified atom stereocenters. The van der Waals surface area contributed by atoms with Crippen molar-refractivity contribution in [2.75, 3.05) is 32.9 Å². The van der Waals surface area contributed by atoms with Gasteiger partial charge >= 0.3 is 0 Å². The molecule has 0 aliphatic heterocycles. The van der Waals surface area contributed by atoms with Gasteiger partial charge in [0.05, 0.1) is 11.8 Å². The van der Waals surface area contributed by atoms with Crippen LogP contribution in [-0.4, -0.2) is 66.7 Å². The molecule has 5 N–H and O–H groups in total. The molecule has 1 aromatic carbocycles. The summed E-state index contributed by atoms with van der Waals surface area (Å²) in [4.78, 5) is 42.0. The summed E-state index contributed by atoms with van der Waals surface area (Å²) in [6, 6.07) is 5.29. The molecule has 234 valence electrons. The molecular weight excluding hydrogens is 546 g/mol. The number of nitrogens with two attached hydrogens (primary N) is 1. The summed E-state index contributed by atoms with van der Waals surface area (Å²) in [7, 11) is 3.77. The largest absolute Gasteiger partial charge is 0.398 e. The SMILES string of the molecule is C=C(CN(C)C)C(=O)NCC1(C(C)CC)CC1C(=N)C(=O)[C@H](CC(CC)Sc1cc(C(C)C)ccc1N)NC(=O)CC. The van der Waals surface area contributed by atoms with E-state index in [2.05, 4.69) is 57.9 Å². The number of carbonyl (C=O) groups is 3. The van der Waals surface area contributed by atoms with Gasteiger partial charge in [0.15, 0.2) is 5.78 Å². The fourth-order valence-corrected chi connectivity index (χ4v) is 6.72. The van der Waals surface area contributed by atoms with Crippen LogP contribution in [0.25, 0.3) is 0 Å². The number of benzene rings is 1. The zero-order valence-electron chi connectivity index (χ0n) is 26.9. The maximum atomic E-state index is 13.9. The summed E-state index contributed by atoms with van der Waals surface area (Å²) >= 11 is 1.63. The van der Waals surface area contributed by atoms with Crippen molar-refractivity contribution in [3.63, 3.8) is 0 Å². The van der Waals surface area contributed by atoms with Gasteiger partial charge in [0.1, 0.15) is 0 Å². The molecule has 1 saturated carbocycles. The lowest BCUT2D eigenvalue weighted by Crippen LogP contribution is -2.46. The second-order valence-electron chi connectivity index (χ2n) is 12.4. The van der Waals surface area contributed by atoms with Gasteiger partial charge in [0.25, 0.3) is 0 Å². The van der Waals surface area contributed by atoms with Crippen LogP contribution in [-0.2, 0) is 14.4 Å². The van der Waals surface area contributed by atoms with Crippen molar-refractivity contribution in [3.05, 3.63) is 35.9 Å². The van der Waals surface area contributed by atoms with Crippen molar-refractivity contribution in [3.8, 4) is 0 Å². The summed E-state index contributed by atoms with van der Waals surface area (Å²) in [5.74, 6) is -0.446. The summed E-state index contributed by atoms with van der Waals surface area (Å²) in [6.07, 6.45) is 2.97. The number of anilines is 1. The first-order valence-electron chi connectivity index (χ1n) is 15.3. The molecule has 0 saturated heterocycles. The van der Waals surface area contributed by atoms with Crippen molar-refractivity contribution < 1.29 is 14.4 Å². The van der Waals surface area contributed by atoms with E-state index < -0.39 is 6.04 Å². The van der Waals surface area contributed by atoms with Gasteiger partial charge in [0.2, 0.25) is 11.8 Å². The third-order valence-electron chi connectivity index (χ3n) is 8.66. The second-order valence-corrected chi connectivity index (χ2v) is 13.8. The molecule has 0 spiro atoms. The van der Waals surface area contributed by atoms with Crippen LogP contribution in [0.2, 0.25) is 0 Å². The van der Waals surface area contributed by atoms with Crippen LogP contribution >= 0.6 is 11.8 Å². The van der Waals surface area contributed by atoms with Crippen LogP contribution in [0.3, 0.4) is 0 Å². The first-order valence-corrected chi connectivity index (χ1v) is 16.2. The minimum Gasteiger partial charge on any atom is -0.398 e. The van der Waals surface area contributed by atoms with E-state index >= 15 is 0 Å². The third-order valence-corrected chi connectivity index (χ3v) is 10.1. The predicted octanol–water partition coefficient (Wildman–Crippen LogP) is 5.42. The van der Waals surface area contributed by atoms with E-state index in [9.17, 15) is 14.4 Å². The number of ketones is 1. The third kappa shape index (κ3) is 9.17. The highest BCUT2D eigenvalue weighted by Gasteiger charge is 2.60. The Labute approximate surface area is 257 Å². The minimum absolute atomic E-state index is 0.0224. The standard InChI is InChI=1S/C33H53N5O3S/c1-10-22(7)33(19-36-32(41)21(6)18-38(8)9)17-25(33)30(35)31(40)27(37-29(39)12-3)16-24(11-2)42-28-15-23(20(4)5)13-14-26(28)34/h13-15,20,22,24-25,27,35H,6,10-12,16-19,34H2,1-5,7-9H3,(H,36,41)(H,37,39)/t22?,24?,25?,27-,33?/m0/s1. The number of nitrogen functional groups attached to an aromatic ring is 1. The highest BCUT2D eigenvalue weighted by molar-refractivity contribution is 8.00. The van der Waals surface area contributed by atoms with Crippen molar-refractivity contribution >= 4 is 40.8 Å². The number of likely N-dealkylation sites (N-methyl/N-ethyl adjacent to an activating group) is 1. The Kier molecular flexibility index (Phi) is 13.3. The summed E-state index contributed by atoms with van der Waals surface area (Å²) in [5.41, 5.74) is 8.37. The number of amides is 2. The lowest BCUT2D eigenvalue weighted by atomic mass is 9.83. The van der Waals surface area contributed by atoms with Gasteiger partial charge < -0.3 is 26.7 Å². The van der Waals surface area contributed by atoms with Crippen LogP contribution in [0.1, 0.15) is 85.1 Å². The van der Waals surface area contributed by atoms with Crippen LogP contribution in [0, 0.1) is 22.7 Å². The first kappa shape index (κ1) is 35.5. The average Bonchev–Trinajstić information content (AvgIpc) is 3.69. The molecule has 0 bridgehead atoms. The van der Waals surface area contributed by atoms with Gasteiger partial charge in [0, 0.05) is 46.8 Å². The van der Waals surface area contributed by atoms with Gasteiger partial charge in [-0.25, -0.2) is 0 Å². The monoisotopic (exact) mass is 599 g/mol. The Morgan fingerprint density at radius 3 is 2.38 bits per heavy atom. The number of nitrogens with zero attached hydrogens (tertiary/aromatic N) is 1. The van der Waals surface area contributed by atoms with Gasteiger partial charge in [-0.2, -0.15) is 0 Å². The minimum atomic E-state index is -0.790. The van der Waals surface area contributed by atoms with E-state index in [1.54, 1.807) is 18.7 Å². The molecule has 42 heavy (non-hydrogen) atoms. The summed E-state index contributed by atoms with van der Waals surface area (Å²) < 4.78 is 0. The highest BCUT2D eigenvalue weighted by atomic mass is 32.2. The van der Waals surface area contributed by atoms with E-state index in [4.69, 9.17) is 11.1 Å². The van der Waals surface area contributed by atoms with Crippen molar-refractivity contribution in [2.45, 2.75) is 95.8 Å². The molecule has 0 radical (unpaired) electrons. The number of nitrogens with one attached hydrogen (secondary N) is 3. The molecular formula is C33H53N5O3S. The normalized spacial score (nSPS) is 20.1. The Balaban J connectivity index is 2.23. The zero-order valence-corrected chi connectivity index (χ0v) is 27.7. The van der Waals surface area contributed by atoms with Gasteiger partial charge in [-0.05, 0) is 68.3 Å². The zero-order chi connectivity index (χ0) is 31.8. The number of hydrogen-bond acceptors (Lipinski definition) is 7. The molecule has 9 heteroatoms. The summed E-state index contributed by atoms with van der Waals surface area (Å²) in [5, 5.41) is 15.0. The Bertz CT molecular complexity index is 1150. The molecule has 1 aliphatic carbocycles. The topological polar surface area (TPSA) is 128 Å². The first-order chi connectivity index (χ1) is 19.7. The number of Topliss-reactive ketones (excluding diaryl/α,β-unsaturated/α-hetero) is 1. The van der Waals surface area contributed by atoms with Crippen molar-refractivity contribution in [1.82, 2.24) is 15.5 Å². The molecule has 2 amide bonds. The smallest absolute Gasteiger partial charge is 0.247 e. The molecule has 1 aromatic rings. The summed E-state index contributed by atoms with van der Waals surface area (Å²) in [6.45, 7) is 17.1. The molecule has 5 atom stereocenters. The van der Waals surface area contributed by atoms with Gasteiger partial charge in [-0.1, -0.05) is 60.6 Å². The molecule has 0 heterocycles. The van der Waals surface area contributed by atoms with Crippen LogP contribution in [0.4, 0.5) is 5.69 Å². The lowest BCUT2D eigenvalue weighted by Gasteiger charge is -2.27. The van der Waals surface area contributed by atoms with Crippen molar-refractivity contribution in [2.24, 2.45) is 17.3 Å². The van der Waals surface area contributed by atoms with E-state index in [0.29, 0.717) is 43.1 Å². The number of thioether (sulfide) groups is 1. The second kappa shape index (κ2) is 15.7. The van der Waals surface area contributed by atoms with E-state index in [-0.39, 0.29) is 52.2 Å². The Morgan fingerprint density at radius 2 is 1.83 bits per heavy atom. The highest BCUT2D eigenvalue weighted by Crippen LogP contribution is 2.59. The number of carbonyl (C=O) groups excluding carboxylic acids is 3. The molecule has 1 fully saturated rings. The Morgan fingerprint density at radius 1 is 1.17 bits per heavy atom. The predicted molar refractivity (Wildman–Crippen MR) is 175 cm³/mol. The lowest BCUT2D eigenvalue weighted by molar-refractivity contribution is -0.125. The van der Waals surface area contributed by atoms with Crippen molar-refractivity contribution in [1.29, 1.82) is 5.41 Å². The van der Waals surface area contributed by atoms with E-state index in [1.807, 2.05) is 31.1 Å². The molecule has 0 aromatic heterocycles. The van der Waals surface area contributed by atoms with Gasteiger partial charge in [-0.3, -0.25) is 14.4 Å².